The highest BCUT2D eigenvalue weighted by Crippen LogP contribution is 2.35. The zero-order chi connectivity index (χ0) is 41.2. The van der Waals surface area contributed by atoms with E-state index in [9.17, 15) is 37.2 Å². The van der Waals surface area contributed by atoms with Crippen molar-refractivity contribution in [3.05, 3.63) is 35.4 Å². The number of nitrogens with one attached hydrogen (secondary N) is 3. The van der Waals surface area contributed by atoms with Crippen LogP contribution in [0.15, 0.2) is 24.3 Å². The maximum Gasteiger partial charge on any atom is 0.410 e. The average Bonchev–Trinajstić information content (AvgIpc) is 3.84. The quantitative estimate of drug-likeness (QED) is 0.228. The highest BCUT2D eigenvalue weighted by molar-refractivity contribution is 7.92. The number of carbonyl (C=O) groups excluding carboxylic acids is 6. The zero-order valence-electron chi connectivity index (χ0n) is 33.6. The summed E-state index contributed by atoms with van der Waals surface area (Å²) in [4.78, 5) is 83.7. The summed E-state index contributed by atoms with van der Waals surface area (Å²) in [6.45, 7) is 10.7. The van der Waals surface area contributed by atoms with E-state index in [4.69, 9.17) is 10.5 Å². The number of primary amides is 1. The standard InChI is InChI=1S/C40H60N6O9S/c1-38(2,3)32(43-36(51)44-40(17-10-7-11-18-40)24-56(53,54)39(4,5)6)35(50)46-23-28(55-37(52)45-19-16-26-12-8-9-13-27(26)22-45)21-30(46)34(49)42-29(20-25-14-15-25)31(47)33(41)48/h8-9,12-13,25,28-30,32H,7,10-11,14-24H2,1-6H3,(H2,41,48)(H,42,49)(H2,43,44,51)/t28-,29?,30?,32?/m1/s1. The van der Waals surface area contributed by atoms with E-state index in [0.29, 0.717) is 32.4 Å². The number of nitrogens with two attached hydrogens (primary N) is 1. The van der Waals surface area contributed by atoms with E-state index in [1.807, 2.05) is 24.3 Å². The molecule has 2 heterocycles. The fourth-order valence-corrected chi connectivity index (χ4v) is 9.46. The molecule has 3 fully saturated rings. The smallest absolute Gasteiger partial charge is 0.410 e. The van der Waals surface area contributed by atoms with Gasteiger partial charge >= 0.3 is 12.1 Å². The molecule has 2 aliphatic heterocycles. The van der Waals surface area contributed by atoms with Crippen LogP contribution in [-0.4, -0.2) is 107 Å². The minimum atomic E-state index is -3.63. The molecule has 1 saturated heterocycles. The number of hydrogen-bond acceptors (Lipinski definition) is 9. The summed E-state index contributed by atoms with van der Waals surface area (Å²) < 4.78 is 31.7. The molecule has 0 aromatic heterocycles. The highest BCUT2D eigenvalue weighted by Gasteiger charge is 2.48. The van der Waals surface area contributed by atoms with Crippen molar-refractivity contribution in [3.63, 3.8) is 0 Å². The van der Waals surface area contributed by atoms with Gasteiger partial charge in [-0.05, 0) is 68.9 Å². The third-order valence-electron chi connectivity index (χ3n) is 11.6. The van der Waals surface area contributed by atoms with Gasteiger partial charge in [0.15, 0.2) is 9.84 Å². The topological polar surface area (TPSA) is 214 Å². The Balaban J connectivity index is 1.38. The number of likely N-dealkylation sites (tertiary alicyclic amines) is 1. The van der Waals surface area contributed by atoms with Gasteiger partial charge in [0.05, 0.1) is 28.6 Å². The minimum Gasteiger partial charge on any atom is -0.444 e. The zero-order valence-corrected chi connectivity index (χ0v) is 34.5. The Morgan fingerprint density at radius 2 is 1.59 bits per heavy atom. The Labute approximate surface area is 330 Å². The van der Waals surface area contributed by atoms with E-state index in [0.717, 1.165) is 43.2 Å². The molecule has 5 rings (SSSR count). The number of carbonyl (C=O) groups is 6. The van der Waals surface area contributed by atoms with Gasteiger partial charge in [-0.2, -0.15) is 0 Å². The second-order valence-corrected chi connectivity index (χ2v) is 21.0. The second-order valence-electron chi connectivity index (χ2n) is 18.3. The van der Waals surface area contributed by atoms with Crippen LogP contribution < -0.4 is 21.7 Å². The van der Waals surface area contributed by atoms with Crippen LogP contribution >= 0.6 is 0 Å². The molecule has 0 bridgehead atoms. The largest absolute Gasteiger partial charge is 0.444 e. The lowest BCUT2D eigenvalue weighted by Crippen LogP contribution is -2.63. The molecule has 310 valence electrons. The molecular weight excluding hydrogens is 741 g/mol. The summed E-state index contributed by atoms with van der Waals surface area (Å²) in [6, 6.07) is 3.49. The van der Waals surface area contributed by atoms with E-state index in [1.165, 1.54) is 4.90 Å². The number of rotatable bonds is 12. The minimum absolute atomic E-state index is 0.0918. The van der Waals surface area contributed by atoms with Gasteiger partial charge in [0.25, 0.3) is 5.91 Å². The van der Waals surface area contributed by atoms with Gasteiger partial charge in [0.2, 0.25) is 17.6 Å². The summed E-state index contributed by atoms with van der Waals surface area (Å²) >= 11 is 0. The normalized spacial score (nSPS) is 22.2. The number of ketones is 1. The van der Waals surface area contributed by atoms with Crippen LogP contribution in [0.4, 0.5) is 9.59 Å². The van der Waals surface area contributed by atoms with Crippen molar-refractivity contribution in [1.82, 2.24) is 25.8 Å². The SMILES string of the molecule is CC(C)(C)C(NC(=O)NC1(CS(=O)(=O)C(C)(C)C)CCCCC1)C(=O)N1C[C@H](OC(=O)N2CCc3ccccc3C2)CC1C(=O)NC(CC1CC1)C(=O)C(N)=O. The third-order valence-corrected chi connectivity index (χ3v) is 14.4. The second kappa shape index (κ2) is 16.7. The maximum absolute atomic E-state index is 14.7. The number of hydrogen-bond donors (Lipinski definition) is 4. The molecule has 0 radical (unpaired) electrons. The van der Waals surface area contributed by atoms with Crippen LogP contribution in [-0.2, 0) is 46.7 Å². The van der Waals surface area contributed by atoms with Crippen molar-refractivity contribution < 1.29 is 41.9 Å². The van der Waals surface area contributed by atoms with Gasteiger partial charge in [-0.3, -0.25) is 19.2 Å². The molecular formula is C40H60N6O9S. The van der Waals surface area contributed by atoms with Gasteiger partial charge in [-0.1, -0.05) is 77.1 Å². The Morgan fingerprint density at radius 3 is 2.18 bits per heavy atom. The molecule has 0 spiro atoms. The average molecular weight is 801 g/mol. The van der Waals surface area contributed by atoms with E-state index >= 15 is 0 Å². The number of fused-ring (bicyclic) bond motifs is 1. The van der Waals surface area contributed by atoms with Gasteiger partial charge in [0, 0.05) is 19.5 Å². The molecule has 3 unspecified atom stereocenters. The molecule has 16 heteroatoms. The molecule has 6 amide bonds. The van der Waals surface area contributed by atoms with E-state index in [-0.39, 0.29) is 31.1 Å². The van der Waals surface area contributed by atoms with Gasteiger partial charge < -0.3 is 36.2 Å². The monoisotopic (exact) mass is 800 g/mol. The van der Waals surface area contributed by atoms with Crippen molar-refractivity contribution in [3.8, 4) is 0 Å². The van der Waals surface area contributed by atoms with E-state index < -0.39 is 85.4 Å². The molecule has 2 saturated carbocycles. The molecule has 5 N–H and O–H groups in total. The number of benzene rings is 1. The lowest BCUT2D eigenvalue weighted by Gasteiger charge is -2.41. The molecule has 2 aliphatic carbocycles. The van der Waals surface area contributed by atoms with Crippen molar-refractivity contribution >= 4 is 45.5 Å². The first-order valence-electron chi connectivity index (χ1n) is 19.9. The number of sulfone groups is 1. The number of urea groups is 1. The lowest BCUT2D eigenvalue weighted by atomic mass is 9.83. The van der Waals surface area contributed by atoms with Crippen LogP contribution in [0, 0.1) is 11.3 Å². The Hall–Kier alpha value is -4.21. The summed E-state index contributed by atoms with van der Waals surface area (Å²) in [6.07, 6.45) is 4.25. The van der Waals surface area contributed by atoms with Crippen LogP contribution in [0.1, 0.15) is 110 Å². The Kier molecular flexibility index (Phi) is 12.8. The first-order valence-corrected chi connectivity index (χ1v) is 21.5. The molecule has 56 heavy (non-hydrogen) atoms. The summed E-state index contributed by atoms with van der Waals surface area (Å²) in [5, 5.41) is 8.44. The Bertz CT molecular complexity index is 1790. The van der Waals surface area contributed by atoms with Crippen LogP contribution in [0.3, 0.4) is 0 Å². The number of Topliss-reactive ketones (excluding diaryl/α,β-unsaturated/α-hetero) is 1. The number of nitrogens with zero attached hydrogens (tertiary/aromatic N) is 2. The van der Waals surface area contributed by atoms with Crippen molar-refractivity contribution in [2.45, 2.75) is 147 Å². The van der Waals surface area contributed by atoms with Gasteiger partial charge in [-0.25, -0.2) is 18.0 Å². The number of ether oxygens (including phenoxy) is 1. The molecule has 1 aromatic carbocycles. The molecule has 1 aromatic rings. The summed E-state index contributed by atoms with van der Waals surface area (Å²) in [5.74, 6) is -3.56. The first kappa shape index (κ1) is 42.9. The van der Waals surface area contributed by atoms with Crippen molar-refractivity contribution in [2.24, 2.45) is 17.1 Å². The Morgan fingerprint density at radius 1 is 0.946 bits per heavy atom. The van der Waals surface area contributed by atoms with E-state index in [2.05, 4.69) is 16.0 Å². The summed E-state index contributed by atoms with van der Waals surface area (Å²) in [5.41, 5.74) is 5.54. The van der Waals surface area contributed by atoms with Crippen molar-refractivity contribution in [2.75, 3.05) is 18.8 Å². The predicted octanol–water partition coefficient (Wildman–Crippen LogP) is 3.12. The maximum atomic E-state index is 14.7. The summed E-state index contributed by atoms with van der Waals surface area (Å²) in [7, 11) is -3.63. The van der Waals surface area contributed by atoms with E-state index in [1.54, 1.807) is 46.4 Å². The van der Waals surface area contributed by atoms with Gasteiger partial charge in [0.1, 0.15) is 18.2 Å². The van der Waals surface area contributed by atoms with Crippen LogP contribution in [0.2, 0.25) is 0 Å². The lowest BCUT2D eigenvalue weighted by molar-refractivity contribution is -0.143. The van der Waals surface area contributed by atoms with Crippen LogP contribution in [0.5, 0.6) is 0 Å². The highest BCUT2D eigenvalue weighted by atomic mass is 32.2. The molecule has 15 nitrogen and oxygen atoms in total. The van der Waals surface area contributed by atoms with Gasteiger partial charge in [-0.15, -0.1) is 0 Å². The first-order chi connectivity index (χ1) is 26.1. The fraction of sp³-hybridized carbons (Fsp3) is 0.700. The fourth-order valence-electron chi connectivity index (χ4n) is 7.94. The third kappa shape index (κ3) is 10.4. The van der Waals surface area contributed by atoms with Crippen molar-refractivity contribution in [1.29, 1.82) is 0 Å². The number of amides is 6. The van der Waals surface area contributed by atoms with Crippen LogP contribution in [0.25, 0.3) is 0 Å². The predicted molar refractivity (Wildman–Crippen MR) is 209 cm³/mol. The molecule has 4 aliphatic rings. The molecule has 4 atom stereocenters.